The van der Waals surface area contributed by atoms with E-state index in [1.165, 1.54) is 12.1 Å². The van der Waals surface area contributed by atoms with E-state index >= 15 is 0 Å². The summed E-state index contributed by atoms with van der Waals surface area (Å²) < 4.78 is 0. The van der Waals surface area contributed by atoms with Crippen LogP contribution < -0.4 is 5.32 Å². The van der Waals surface area contributed by atoms with Crippen LogP contribution in [0.1, 0.15) is 11.7 Å². The van der Waals surface area contributed by atoms with Crippen LogP contribution in [-0.2, 0) is 0 Å². The molecule has 1 unspecified atom stereocenters. The standard InChI is InChI=1S/C12H17N3O3/c1-15-5-4-13-12(15)14-7-11(18)8-2-3-9(16)10(17)6-8/h2-3,6,11,16-18H,4-5,7H2,1H3,(H,13,14). The molecule has 0 amide bonds. The number of phenols is 2. The van der Waals surface area contributed by atoms with Crippen molar-refractivity contribution >= 4 is 5.96 Å². The quantitative estimate of drug-likeness (QED) is 0.569. The molecule has 6 nitrogen and oxygen atoms in total. The molecule has 1 aromatic rings. The van der Waals surface area contributed by atoms with Crippen LogP contribution in [0.2, 0.25) is 0 Å². The maximum absolute atomic E-state index is 9.95. The van der Waals surface area contributed by atoms with Gasteiger partial charge >= 0.3 is 0 Å². The predicted octanol–water partition coefficient (Wildman–Crippen LogP) is 0.0222. The molecule has 0 saturated carbocycles. The summed E-state index contributed by atoms with van der Waals surface area (Å²) >= 11 is 0. The van der Waals surface area contributed by atoms with Gasteiger partial charge in [0.25, 0.3) is 0 Å². The molecule has 0 aromatic heterocycles. The van der Waals surface area contributed by atoms with Crippen LogP contribution in [0.25, 0.3) is 0 Å². The highest BCUT2D eigenvalue weighted by atomic mass is 16.3. The molecular formula is C12H17N3O3. The molecule has 4 N–H and O–H groups in total. The monoisotopic (exact) mass is 251 g/mol. The smallest absolute Gasteiger partial charge is 0.193 e. The number of aliphatic imine (C=N–C) groups is 1. The highest BCUT2D eigenvalue weighted by Crippen LogP contribution is 2.27. The van der Waals surface area contributed by atoms with E-state index < -0.39 is 6.10 Å². The van der Waals surface area contributed by atoms with E-state index in [1.807, 2.05) is 11.9 Å². The molecule has 98 valence electrons. The first-order valence-corrected chi connectivity index (χ1v) is 5.77. The molecule has 0 spiro atoms. The fourth-order valence-electron chi connectivity index (χ4n) is 1.78. The maximum Gasteiger partial charge on any atom is 0.193 e. The van der Waals surface area contributed by atoms with Gasteiger partial charge in [0.05, 0.1) is 12.6 Å². The minimum absolute atomic E-state index is 0.196. The number of aromatic hydroxyl groups is 2. The Morgan fingerprint density at radius 1 is 1.39 bits per heavy atom. The fourth-order valence-corrected chi connectivity index (χ4v) is 1.78. The molecule has 0 fully saturated rings. The molecule has 18 heavy (non-hydrogen) atoms. The summed E-state index contributed by atoms with van der Waals surface area (Å²) in [5, 5.41) is 31.5. The Bertz CT molecular complexity index is 462. The Hall–Kier alpha value is -1.95. The number of rotatable bonds is 3. The molecule has 6 heteroatoms. The number of aliphatic hydroxyl groups excluding tert-OH is 1. The van der Waals surface area contributed by atoms with Gasteiger partial charge in [-0.3, -0.25) is 4.99 Å². The van der Waals surface area contributed by atoms with Gasteiger partial charge in [-0.2, -0.15) is 0 Å². The van der Waals surface area contributed by atoms with Crippen LogP contribution in [0.5, 0.6) is 11.5 Å². The topological polar surface area (TPSA) is 88.3 Å². The number of nitrogens with zero attached hydrogens (tertiary/aromatic N) is 2. The van der Waals surface area contributed by atoms with Gasteiger partial charge < -0.3 is 25.5 Å². The van der Waals surface area contributed by atoms with Crippen molar-refractivity contribution in [3.63, 3.8) is 0 Å². The van der Waals surface area contributed by atoms with Gasteiger partial charge in [-0.15, -0.1) is 0 Å². The van der Waals surface area contributed by atoms with E-state index in [0.717, 1.165) is 19.0 Å². The zero-order valence-corrected chi connectivity index (χ0v) is 10.2. The van der Waals surface area contributed by atoms with Crippen LogP contribution in [-0.4, -0.2) is 52.9 Å². The molecule has 0 aliphatic carbocycles. The van der Waals surface area contributed by atoms with Gasteiger partial charge in [0, 0.05) is 20.1 Å². The second kappa shape index (κ2) is 5.14. The summed E-state index contributed by atoms with van der Waals surface area (Å²) in [5.41, 5.74) is 0.541. The second-order valence-corrected chi connectivity index (χ2v) is 4.27. The zero-order valence-electron chi connectivity index (χ0n) is 10.2. The Labute approximate surface area is 105 Å². The van der Waals surface area contributed by atoms with E-state index in [-0.39, 0.29) is 11.5 Å². The van der Waals surface area contributed by atoms with Crippen molar-refractivity contribution in [2.24, 2.45) is 4.99 Å². The number of phenolic OH excluding ortho intramolecular Hbond substituents is 2. The Morgan fingerprint density at radius 2 is 2.17 bits per heavy atom. The highest BCUT2D eigenvalue weighted by Gasteiger charge is 2.15. The normalized spacial score (nSPS) is 16.6. The lowest BCUT2D eigenvalue weighted by Gasteiger charge is -2.18. The summed E-state index contributed by atoms with van der Waals surface area (Å²) in [4.78, 5) is 6.22. The minimum atomic E-state index is -0.770. The Morgan fingerprint density at radius 3 is 2.78 bits per heavy atom. The summed E-state index contributed by atoms with van der Waals surface area (Å²) in [6.07, 6.45) is -0.770. The van der Waals surface area contributed by atoms with Crippen LogP contribution in [0.15, 0.2) is 23.2 Å². The van der Waals surface area contributed by atoms with Crippen molar-refractivity contribution < 1.29 is 15.3 Å². The van der Waals surface area contributed by atoms with E-state index in [4.69, 9.17) is 0 Å². The van der Waals surface area contributed by atoms with E-state index in [2.05, 4.69) is 10.3 Å². The second-order valence-electron chi connectivity index (χ2n) is 4.27. The van der Waals surface area contributed by atoms with E-state index in [1.54, 1.807) is 6.07 Å². The van der Waals surface area contributed by atoms with Crippen molar-refractivity contribution in [2.45, 2.75) is 6.10 Å². The Balaban J connectivity index is 1.95. The summed E-state index contributed by atoms with van der Waals surface area (Å²) in [6, 6.07) is 4.27. The van der Waals surface area contributed by atoms with Gasteiger partial charge in [0.15, 0.2) is 17.5 Å². The molecular weight excluding hydrogens is 234 g/mol. The summed E-state index contributed by atoms with van der Waals surface area (Å²) in [6.45, 7) is 1.93. The third-order valence-corrected chi connectivity index (χ3v) is 2.90. The van der Waals surface area contributed by atoms with E-state index in [9.17, 15) is 15.3 Å². The summed E-state index contributed by atoms with van der Waals surface area (Å²) in [5.74, 6) is 0.331. The molecule has 0 bridgehead atoms. The number of aliphatic hydroxyl groups is 1. The van der Waals surface area contributed by atoms with Crippen LogP contribution >= 0.6 is 0 Å². The number of nitrogens with one attached hydrogen (secondary N) is 1. The first kappa shape index (κ1) is 12.5. The minimum Gasteiger partial charge on any atom is -0.504 e. The lowest BCUT2D eigenvalue weighted by Crippen LogP contribution is -2.37. The lowest BCUT2D eigenvalue weighted by molar-refractivity contribution is 0.179. The van der Waals surface area contributed by atoms with Crippen LogP contribution in [0.3, 0.4) is 0 Å². The molecule has 2 rings (SSSR count). The highest BCUT2D eigenvalue weighted by molar-refractivity contribution is 5.81. The number of likely N-dealkylation sites (N-methyl/N-ethyl adjacent to an activating group) is 1. The first-order chi connectivity index (χ1) is 8.58. The molecule has 1 aromatic carbocycles. The lowest BCUT2D eigenvalue weighted by atomic mass is 10.1. The third kappa shape index (κ3) is 2.65. The van der Waals surface area contributed by atoms with Crippen molar-refractivity contribution in [2.75, 3.05) is 26.7 Å². The molecule has 1 atom stereocenters. The average Bonchev–Trinajstić information content (AvgIpc) is 2.75. The van der Waals surface area contributed by atoms with Gasteiger partial charge in [-0.05, 0) is 17.7 Å². The van der Waals surface area contributed by atoms with Gasteiger partial charge in [-0.25, -0.2) is 0 Å². The predicted molar refractivity (Wildman–Crippen MR) is 67.7 cm³/mol. The number of guanidine groups is 1. The molecule has 0 saturated heterocycles. The van der Waals surface area contributed by atoms with Crippen LogP contribution in [0, 0.1) is 0 Å². The number of benzene rings is 1. The van der Waals surface area contributed by atoms with Gasteiger partial charge in [0.2, 0.25) is 0 Å². The van der Waals surface area contributed by atoms with Gasteiger partial charge in [-0.1, -0.05) is 6.07 Å². The van der Waals surface area contributed by atoms with Crippen molar-refractivity contribution in [1.29, 1.82) is 0 Å². The van der Waals surface area contributed by atoms with Crippen molar-refractivity contribution in [1.82, 2.24) is 10.2 Å². The van der Waals surface area contributed by atoms with Crippen molar-refractivity contribution in [3.8, 4) is 11.5 Å². The zero-order chi connectivity index (χ0) is 13.1. The molecule has 1 aliphatic rings. The Kier molecular flexibility index (Phi) is 3.57. The van der Waals surface area contributed by atoms with Crippen molar-refractivity contribution in [3.05, 3.63) is 23.8 Å². The largest absolute Gasteiger partial charge is 0.504 e. The van der Waals surface area contributed by atoms with Gasteiger partial charge in [0.1, 0.15) is 0 Å². The van der Waals surface area contributed by atoms with Crippen LogP contribution in [0.4, 0.5) is 0 Å². The number of hydrogen-bond donors (Lipinski definition) is 4. The fraction of sp³-hybridized carbons (Fsp3) is 0.417. The maximum atomic E-state index is 9.95. The SMILES string of the molecule is CN1CCN=C1NCC(O)c1ccc(O)c(O)c1. The molecule has 1 aliphatic heterocycles. The summed E-state index contributed by atoms with van der Waals surface area (Å²) in [7, 11) is 1.93. The average molecular weight is 251 g/mol. The third-order valence-electron chi connectivity index (χ3n) is 2.90. The number of hydrogen-bond acceptors (Lipinski definition) is 6. The molecule has 0 radical (unpaired) electrons. The molecule has 1 heterocycles. The van der Waals surface area contributed by atoms with E-state index in [0.29, 0.717) is 12.1 Å². The first-order valence-electron chi connectivity index (χ1n) is 5.77.